The summed E-state index contributed by atoms with van der Waals surface area (Å²) in [5, 5.41) is 8.79. The SMILES string of the molecule is CCCCCN(C)S(=O)(=O)Cc1ccc(C(=O)O)cc1. The van der Waals surface area contributed by atoms with E-state index in [0.29, 0.717) is 12.1 Å². The number of benzene rings is 1. The van der Waals surface area contributed by atoms with E-state index in [1.807, 2.05) is 0 Å². The zero-order valence-corrected chi connectivity index (χ0v) is 12.7. The summed E-state index contributed by atoms with van der Waals surface area (Å²) in [4.78, 5) is 10.7. The Bertz CT molecular complexity index is 537. The largest absolute Gasteiger partial charge is 0.478 e. The number of rotatable bonds is 8. The molecule has 5 nitrogen and oxygen atoms in total. The molecule has 1 N–H and O–H groups in total. The van der Waals surface area contributed by atoms with Crippen molar-refractivity contribution in [3.8, 4) is 0 Å². The molecule has 1 aromatic rings. The van der Waals surface area contributed by atoms with Crippen LogP contribution in [-0.2, 0) is 15.8 Å². The van der Waals surface area contributed by atoms with Crippen LogP contribution in [0.5, 0.6) is 0 Å². The highest BCUT2D eigenvalue weighted by atomic mass is 32.2. The zero-order valence-electron chi connectivity index (χ0n) is 11.9. The molecule has 0 aromatic heterocycles. The lowest BCUT2D eigenvalue weighted by molar-refractivity contribution is 0.0697. The van der Waals surface area contributed by atoms with Crippen molar-refractivity contribution in [3.63, 3.8) is 0 Å². The molecule has 1 rings (SSSR count). The third-order valence-corrected chi connectivity index (χ3v) is 4.93. The molecule has 0 amide bonds. The predicted octanol–water partition coefficient (Wildman–Crippen LogP) is 2.34. The molecule has 112 valence electrons. The Kier molecular flexibility index (Phi) is 6.16. The average Bonchev–Trinajstić information content (AvgIpc) is 2.39. The summed E-state index contributed by atoms with van der Waals surface area (Å²) in [5.41, 5.74) is 0.750. The summed E-state index contributed by atoms with van der Waals surface area (Å²) >= 11 is 0. The minimum atomic E-state index is -3.34. The lowest BCUT2D eigenvalue weighted by Gasteiger charge is -2.17. The van der Waals surface area contributed by atoms with Gasteiger partial charge in [0.25, 0.3) is 0 Å². The van der Waals surface area contributed by atoms with E-state index in [1.165, 1.54) is 16.4 Å². The molecule has 0 atom stereocenters. The van der Waals surface area contributed by atoms with E-state index in [4.69, 9.17) is 5.11 Å². The van der Waals surface area contributed by atoms with E-state index in [0.717, 1.165) is 19.3 Å². The van der Waals surface area contributed by atoms with Gasteiger partial charge in [0, 0.05) is 13.6 Å². The van der Waals surface area contributed by atoms with Gasteiger partial charge in [0.2, 0.25) is 10.0 Å². The van der Waals surface area contributed by atoms with Gasteiger partial charge in [-0.2, -0.15) is 0 Å². The summed E-state index contributed by atoms with van der Waals surface area (Å²) in [6, 6.07) is 5.93. The average molecular weight is 299 g/mol. The highest BCUT2D eigenvalue weighted by Crippen LogP contribution is 2.12. The van der Waals surface area contributed by atoms with Crippen LogP contribution in [0.25, 0.3) is 0 Å². The molecule has 0 fully saturated rings. The van der Waals surface area contributed by atoms with E-state index >= 15 is 0 Å². The first-order valence-electron chi connectivity index (χ1n) is 6.63. The van der Waals surface area contributed by atoms with Crippen LogP contribution in [0.3, 0.4) is 0 Å². The second kappa shape index (κ2) is 7.40. The van der Waals surface area contributed by atoms with Crippen molar-refractivity contribution >= 4 is 16.0 Å². The third-order valence-electron chi connectivity index (χ3n) is 3.10. The van der Waals surface area contributed by atoms with Crippen LogP contribution in [-0.4, -0.2) is 37.4 Å². The van der Waals surface area contributed by atoms with Gasteiger partial charge >= 0.3 is 5.97 Å². The molecule has 0 aliphatic heterocycles. The minimum absolute atomic E-state index is 0.102. The van der Waals surface area contributed by atoms with E-state index in [2.05, 4.69) is 6.92 Å². The van der Waals surface area contributed by atoms with E-state index in [1.54, 1.807) is 19.2 Å². The molecule has 0 unspecified atom stereocenters. The van der Waals surface area contributed by atoms with Crippen molar-refractivity contribution in [1.82, 2.24) is 4.31 Å². The number of carboxylic acid groups (broad SMARTS) is 1. The van der Waals surface area contributed by atoms with Gasteiger partial charge in [0.05, 0.1) is 11.3 Å². The molecule has 0 radical (unpaired) electrons. The first-order valence-corrected chi connectivity index (χ1v) is 8.24. The molecule has 0 aliphatic rings. The first-order chi connectivity index (χ1) is 9.36. The lowest BCUT2D eigenvalue weighted by Crippen LogP contribution is -2.29. The van der Waals surface area contributed by atoms with Gasteiger partial charge in [-0.3, -0.25) is 0 Å². The monoisotopic (exact) mass is 299 g/mol. The lowest BCUT2D eigenvalue weighted by atomic mass is 10.1. The van der Waals surface area contributed by atoms with Crippen LogP contribution in [0.1, 0.15) is 42.1 Å². The molecular weight excluding hydrogens is 278 g/mol. The van der Waals surface area contributed by atoms with Crippen LogP contribution in [0.4, 0.5) is 0 Å². The van der Waals surface area contributed by atoms with Crippen LogP contribution in [0, 0.1) is 0 Å². The van der Waals surface area contributed by atoms with Crippen LogP contribution in [0.2, 0.25) is 0 Å². The maximum absolute atomic E-state index is 12.1. The van der Waals surface area contributed by atoms with E-state index < -0.39 is 16.0 Å². The molecule has 1 aromatic carbocycles. The van der Waals surface area contributed by atoms with Crippen LogP contribution >= 0.6 is 0 Å². The minimum Gasteiger partial charge on any atom is -0.478 e. The highest BCUT2D eigenvalue weighted by molar-refractivity contribution is 7.88. The van der Waals surface area contributed by atoms with Crippen molar-refractivity contribution in [1.29, 1.82) is 0 Å². The number of nitrogens with zero attached hydrogens (tertiary/aromatic N) is 1. The Hall–Kier alpha value is -1.40. The summed E-state index contributed by atoms with van der Waals surface area (Å²) in [6.45, 7) is 2.59. The summed E-state index contributed by atoms with van der Waals surface area (Å²) in [7, 11) is -1.76. The van der Waals surface area contributed by atoms with Crippen molar-refractivity contribution < 1.29 is 18.3 Å². The molecule has 0 heterocycles. The maximum Gasteiger partial charge on any atom is 0.335 e. The number of sulfonamides is 1. The molecule has 0 saturated carbocycles. The fourth-order valence-electron chi connectivity index (χ4n) is 1.79. The number of aromatic carboxylic acids is 1. The molecule has 0 saturated heterocycles. The number of hydrogen-bond donors (Lipinski definition) is 1. The third kappa shape index (κ3) is 4.94. The van der Waals surface area contributed by atoms with Gasteiger partial charge in [0.1, 0.15) is 0 Å². The second-order valence-corrected chi connectivity index (χ2v) is 6.86. The molecule has 0 aliphatic carbocycles. The van der Waals surface area contributed by atoms with Crippen molar-refractivity contribution in [2.24, 2.45) is 0 Å². The molecule has 20 heavy (non-hydrogen) atoms. The summed E-state index contributed by atoms with van der Waals surface area (Å²) in [6.07, 6.45) is 2.90. The number of carbonyl (C=O) groups is 1. The molecular formula is C14H21NO4S. The summed E-state index contributed by atoms with van der Waals surface area (Å²) in [5.74, 6) is -1.12. The van der Waals surface area contributed by atoms with E-state index in [-0.39, 0.29) is 11.3 Å². The fraction of sp³-hybridized carbons (Fsp3) is 0.500. The van der Waals surface area contributed by atoms with Crippen molar-refractivity contribution in [3.05, 3.63) is 35.4 Å². The quantitative estimate of drug-likeness (QED) is 0.748. The summed E-state index contributed by atoms with van der Waals surface area (Å²) < 4.78 is 25.6. The maximum atomic E-state index is 12.1. The smallest absolute Gasteiger partial charge is 0.335 e. The van der Waals surface area contributed by atoms with Gasteiger partial charge < -0.3 is 5.11 Å². The predicted molar refractivity (Wildman–Crippen MR) is 78.2 cm³/mol. The number of hydrogen-bond acceptors (Lipinski definition) is 3. The topological polar surface area (TPSA) is 74.7 Å². The van der Waals surface area contributed by atoms with Gasteiger partial charge in [0.15, 0.2) is 0 Å². The van der Waals surface area contributed by atoms with Crippen molar-refractivity contribution in [2.45, 2.75) is 31.9 Å². The Morgan fingerprint density at radius 3 is 2.30 bits per heavy atom. The van der Waals surface area contributed by atoms with Gasteiger partial charge in [-0.15, -0.1) is 0 Å². The highest BCUT2D eigenvalue weighted by Gasteiger charge is 2.18. The van der Waals surface area contributed by atoms with Gasteiger partial charge in [-0.05, 0) is 24.1 Å². The zero-order chi connectivity index (χ0) is 15.2. The van der Waals surface area contributed by atoms with Gasteiger partial charge in [-0.1, -0.05) is 31.9 Å². The second-order valence-electron chi connectivity index (χ2n) is 4.79. The Morgan fingerprint density at radius 2 is 1.80 bits per heavy atom. The first kappa shape index (κ1) is 16.7. The van der Waals surface area contributed by atoms with E-state index in [9.17, 15) is 13.2 Å². The van der Waals surface area contributed by atoms with Crippen molar-refractivity contribution in [2.75, 3.05) is 13.6 Å². The Balaban J connectivity index is 2.67. The normalized spacial score (nSPS) is 11.8. The Morgan fingerprint density at radius 1 is 1.20 bits per heavy atom. The molecule has 6 heteroatoms. The number of unbranched alkanes of at least 4 members (excludes halogenated alkanes) is 2. The Labute approximate surface area is 120 Å². The number of carboxylic acids is 1. The molecule has 0 spiro atoms. The standard InChI is InChI=1S/C14H21NO4S/c1-3-4-5-10-15(2)20(18,19)11-12-6-8-13(9-7-12)14(16)17/h6-9H,3-5,10-11H2,1-2H3,(H,16,17). The van der Waals surface area contributed by atoms with Crippen LogP contribution < -0.4 is 0 Å². The molecule has 0 bridgehead atoms. The van der Waals surface area contributed by atoms with Gasteiger partial charge in [-0.25, -0.2) is 17.5 Å². The van der Waals surface area contributed by atoms with Crippen LogP contribution in [0.15, 0.2) is 24.3 Å². The fourth-order valence-corrected chi connectivity index (χ4v) is 3.03.